The van der Waals surface area contributed by atoms with Gasteiger partial charge in [0, 0.05) is 17.1 Å². The Balaban J connectivity index is 1.89. The summed E-state index contributed by atoms with van der Waals surface area (Å²) in [5.41, 5.74) is 2.39. The second-order valence-electron chi connectivity index (χ2n) is 5.88. The number of carbonyl (C=O) groups excluding carboxylic acids is 1. The number of carbonyl (C=O) groups is 1. The molecule has 0 saturated carbocycles. The van der Waals surface area contributed by atoms with E-state index in [2.05, 4.69) is 22.5 Å². The van der Waals surface area contributed by atoms with E-state index >= 15 is 0 Å². The maximum atomic E-state index is 12.6. The van der Waals surface area contributed by atoms with Crippen molar-refractivity contribution in [3.05, 3.63) is 41.6 Å². The first-order valence-corrected chi connectivity index (χ1v) is 7.53. The lowest BCUT2D eigenvalue weighted by Crippen LogP contribution is -2.48. The van der Waals surface area contributed by atoms with E-state index in [1.54, 1.807) is 0 Å². The zero-order valence-electron chi connectivity index (χ0n) is 12.5. The average Bonchev–Trinajstić information content (AvgIpc) is 2.49. The van der Waals surface area contributed by atoms with Crippen LogP contribution in [0.3, 0.4) is 0 Å². The fourth-order valence-electron chi connectivity index (χ4n) is 2.90. The molecule has 2 unspecified atom stereocenters. The Bertz CT molecular complexity index is 668. The zero-order valence-corrected chi connectivity index (χ0v) is 12.5. The van der Waals surface area contributed by atoms with Gasteiger partial charge in [-0.05, 0) is 44.5 Å². The van der Waals surface area contributed by atoms with Crippen LogP contribution in [0.15, 0.2) is 30.3 Å². The van der Waals surface area contributed by atoms with Crippen LogP contribution in [0, 0.1) is 12.8 Å². The summed E-state index contributed by atoms with van der Waals surface area (Å²) in [4.78, 5) is 17.1. The number of benzene rings is 1. The summed E-state index contributed by atoms with van der Waals surface area (Å²) in [5, 5.41) is 7.53. The van der Waals surface area contributed by atoms with E-state index in [0.29, 0.717) is 11.5 Å². The average molecular weight is 283 g/mol. The van der Waals surface area contributed by atoms with Crippen LogP contribution in [-0.4, -0.2) is 30.0 Å². The molecule has 1 fully saturated rings. The van der Waals surface area contributed by atoms with Crippen LogP contribution in [0.4, 0.5) is 0 Å². The Morgan fingerprint density at radius 2 is 2.19 bits per heavy atom. The third kappa shape index (κ3) is 2.90. The number of para-hydroxylation sites is 1. The lowest BCUT2D eigenvalue weighted by Gasteiger charge is -2.30. The Morgan fingerprint density at radius 3 is 3.00 bits per heavy atom. The van der Waals surface area contributed by atoms with Crippen LogP contribution in [0.25, 0.3) is 10.9 Å². The van der Waals surface area contributed by atoms with Crippen LogP contribution in [0.2, 0.25) is 0 Å². The van der Waals surface area contributed by atoms with Crippen molar-refractivity contribution < 1.29 is 4.79 Å². The number of aryl methyl sites for hydroxylation is 1. The molecule has 21 heavy (non-hydrogen) atoms. The molecule has 2 aromatic rings. The van der Waals surface area contributed by atoms with Crippen molar-refractivity contribution in [3.63, 3.8) is 0 Å². The minimum absolute atomic E-state index is 0.0162. The molecule has 1 aromatic heterocycles. The third-order valence-electron chi connectivity index (χ3n) is 4.21. The molecule has 1 aliphatic heterocycles. The highest BCUT2D eigenvalue weighted by atomic mass is 16.1. The van der Waals surface area contributed by atoms with Crippen molar-refractivity contribution in [1.82, 2.24) is 15.6 Å². The molecule has 4 nitrogen and oxygen atoms in total. The predicted octanol–water partition coefficient (Wildman–Crippen LogP) is 2.27. The van der Waals surface area contributed by atoms with Gasteiger partial charge in [0.25, 0.3) is 5.91 Å². The minimum atomic E-state index is -0.0162. The number of nitrogens with one attached hydrogen (secondary N) is 2. The van der Waals surface area contributed by atoms with Gasteiger partial charge in [-0.25, -0.2) is 0 Å². The highest BCUT2D eigenvalue weighted by molar-refractivity contribution is 6.05. The number of hydrogen-bond donors (Lipinski definition) is 2. The highest BCUT2D eigenvalue weighted by Gasteiger charge is 2.23. The number of pyridine rings is 1. The molecule has 0 spiro atoms. The first-order valence-electron chi connectivity index (χ1n) is 7.53. The van der Waals surface area contributed by atoms with Crippen molar-refractivity contribution in [3.8, 4) is 0 Å². The standard InChI is InChI=1S/C17H21N3O/c1-11-10-18-9-8-15(11)20-17(21)14-5-3-4-13-7-6-12(2)19-16(13)14/h3-7,11,15,18H,8-10H2,1-2H3,(H,20,21). The molecule has 1 aliphatic rings. The molecule has 1 aromatic carbocycles. The van der Waals surface area contributed by atoms with Gasteiger partial charge in [0.15, 0.2) is 0 Å². The van der Waals surface area contributed by atoms with Crippen LogP contribution in [-0.2, 0) is 0 Å². The van der Waals surface area contributed by atoms with E-state index in [0.717, 1.165) is 36.1 Å². The van der Waals surface area contributed by atoms with Crippen LogP contribution >= 0.6 is 0 Å². The smallest absolute Gasteiger partial charge is 0.253 e. The van der Waals surface area contributed by atoms with E-state index < -0.39 is 0 Å². The summed E-state index contributed by atoms with van der Waals surface area (Å²) >= 11 is 0. The van der Waals surface area contributed by atoms with Crippen molar-refractivity contribution in [1.29, 1.82) is 0 Å². The van der Waals surface area contributed by atoms with Gasteiger partial charge in [-0.3, -0.25) is 9.78 Å². The second kappa shape index (κ2) is 5.82. The lowest BCUT2D eigenvalue weighted by molar-refractivity contribution is 0.0915. The molecule has 0 bridgehead atoms. The number of hydrogen-bond acceptors (Lipinski definition) is 3. The largest absolute Gasteiger partial charge is 0.349 e. The summed E-state index contributed by atoms with van der Waals surface area (Å²) < 4.78 is 0. The summed E-state index contributed by atoms with van der Waals surface area (Å²) in [6.07, 6.45) is 0.976. The van der Waals surface area contributed by atoms with Gasteiger partial charge in [0.05, 0.1) is 11.1 Å². The summed E-state index contributed by atoms with van der Waals surface area (Å²) in [7, 11) is 0. The predicted molar refractivity (Wildman–Crippen MR) is 84.4 cm³/mol. The van der Waals surface area contributed by atoms with Gasteiger partial charge in [-0.15, -0.1) is 0 Å². The van der Waals surface area contributed by atoms with E-state index in [-0.39, 0.29) is 11.9 Å². The number of amides is 1. The molecular weight excluding hydrogens is 262 g/mol. The van der Waals surface area contributed by atoms with Gasteiger partial charge in [-0.2, -0.15) is 0 Å². The highest BCUT2D eigenvalue weighted by Crippen LogP contribution is 2.18. The van der Waals surface area contributed by atoms with E-state index in [1.165, 1.54) is 0 Å². The molecule has 4 heteroatoms. The van der Waals surface area contributed by atoms with Crippen LogP contribution in [0.1, 0.15) is 29.4 Å². The van der Waals surface area contributed by atoms with Gasteiger partial charge in [0.1, 0.15) is 0 Å². The maximum Gasteiger partial charge on any atom is 0.253 e. The normalized spacial score (nSPS) is 22.2. The van der Waals surface area contributed by atoms with Gasteiger partial charge in [0.2, 0.25) is 0 Å². The molecule has 0 radical (unpaired) electrons. The summed E-state index contributed by atoms with van der Waals surface area (Å²) in [6, 6.07) is 9.99. The molecule has 2 atom stereocenters. The molecular formula is C17H21N3O. The minimum Gasteiger partial charge on any atom is -0.349 e. The van der Waals surface area contributed by atoms with Crippen LogP contribution < -0.4 is 10.6 Å². The van der Waals surface area contributed by atoms with E-state index in [1.807, 2.05) is 37.3 Å². The molecule has 1 saturated heterocycles. The van der Waals surface area contributed by atoms with Gasteiger partial charge < -0.3 is 10.6 Å². The number of aromatic nitrogens is 1. The van der Waals surface area contributed by atoms with E-state index in [4.69, 9.17) is 0 Å². The van der Waals surface area contributed by atoms with Crippen molar-refractivity contribution in [2.45, 2.75) is 26.3 Å². The molecule has 2 N–H and O–H groups in total. The number of nitrogens with zero attached hydrogens (tertiary/aromatic N) is 1. The van der Waals surface area contributed by atoms with Gasteiger partial charge in [-0.1, -0.05) is 25.1 Å². The Morgan fingerprint density at radius 1 is 1.33 bits per heavy atom. The van der Waals surface area contributed by atoms with Crippen LogP contribution in [0.5, 0.6) is 0 Å². The molecule has 3 rings (SSSR count). The van der Waals surface area contributed by atoms with Crippen molar-refractivity contribution in [2.24, 2.45) is 5.92 Å². The topological polar surface area (TPSA) is 54.0 Å². The van der Waals surface area contributed by atoms with Gasteiger partial charge >= 0.3 is 0 Å². The monoisotopic (exact) mass is 283 g/mol. The fraction of sp³-hybridized carbons (Fsp3) is 0.412. The molecule has 1 amide bonds. The van der Waals surface area contributed by atoms with Crippen molar-refractivity contribution in [2.75, 3.05) is 13.1 Å². The Hall–Kier alpha value is -1.94. The maximum absolute atomic E-state index is 12.6. The third-order valence-corrected chi connectivity index (χ3v) is 4.21. The fourth-order valence-corrected chi connectivity index (χ4v) is 2.90. The first kappa shape index (κ1) is 14.0. The lowest BCUT2D eigenvalue weighted by atomic mass is 9.95. The molecule has 110 valence electrons. The Kier molecular flexibility index (Phi) is 3.88. The first-order chi connectivity index (χ1) is 10.1. The Labute approximate surface area is 125 Å². The molecule has 0 aliphatic carbocycles. The SMILES string of the molecule is Cc1ccc2cccc(C(=O)NC3CCNCC3C)c2n1. The molecule has 2 heterocycles. The van der Waals surface area contributed by atoms with Crippen molar-refractivity contribution >= 4 is 16.8 Å². The number of rotatable bonds is 2. The quantitative estimate of drug-likeness (QED) is 0.889. The summed E-state index contributed by atoms with van der Waals surface area (Å²) in [5.74, 6) is 0.435. The summed E-state index contributed by atoms with van der Waals surface area (Å²) in [6.45, 7) is 6.03. The zero-order chi connectivity index (χ0) is 14.8. The number of piperidine rings is 1. The second-order valence-corrected chi connectivity index (χ2v) is 5.88. The number of fused-ring (bicyclic) bond motifs is 1. The van der Waals surface area contributed by atoms with E-state index in [9.17, 15) is 4.79 Å².